The van der Waals surface area contributed by atoms with Gasteiger partial charge >= 0.3 is 0 Å². The summed E-state index contributed by atoms with van der Waals surface area (Å²) in [7, 11) is -2.40. The molecular formula is C24H27BrN2O5S2. The predicted octanol–water partition coefficient (Wildman–Crippen LogP) is 5.71. The number of amidine groups is 1. The smallest absolute Gasteiger partial charge is 0.284 e. The van der Waals surface area contributed by atoms with E-state index in [1.807, 2.05) is 12.1 Å². The van der Waals surface area contributed by atoms with Crippen LogP contribution in [0.15, 0.2) is 61.1 Å². The summed E-state index contributed by atoms with van der Waals surface area (Å²) in [5.74, 6) is 0.917. The van der Waals surface area contributed by atoms with Crippen molar-refractivity contribution in [2.75, 3.05) is 20.3 Å². The van der Waals surface area contributed by atoms with E-state index >= 15 is 0 Å². The Hall–Kier alpha value is -2.30. The minimum atomic E-state index is -3.96. The summed E-state index contributed by atoms with van der Waals surface area (Å²) in [6.45, 7) is 4.82. The van der Waals surface area contributed by atoms with Crippen LogP contribution in [-0.2, 0) is 14.8 Å². The first-order valence-corrected chi connectivity index (χ1v) is 14.0. The number of likely N-dealkylation sites (N-methyl/N-ethyl adjacent to an activating group) is 1. The van der Waals surface area contributed by atoms with Gasteiger partial charge in [0.1, 0.15) is 0 Å². The van der Waals surface area contributed by atoms with Crippen molar-refractivity contribution in [1.29, 1.82) is 0 Å². The zero-order valence-corrected chi connectivity index (χ0v) is 22.5. The summed E-state index contributed by atoms with van der Waals surface area (Å²) in [4.78, 5) is 14.7. The summed E-state index contributed by atoms with van der Waals surface area (Å²) in [5.41, 5.74) is 0.738. The van der Waals surface area contributed by atoms with Crippen LogP contribution in [0.25, 0.3) is 6.08 Å². The second-order valence-electron chi connectivity index (χ2n) is 7.43. The number of carbonyl (C=O) groups excluding carboxylic acids is 1. The highest BCUT2D eigenvalue weighted by atomic mass is 79.9. The number of halogens is 1. The lowest BCUT2D eigenvalue weighted by molar-refractivity contribution is -0.122. The van der Waals surface area contributed by atoms with Gasteiger partial charge < -0.3 is 9.47 Å². The van der Waals surface area contributed by atoms with E-state index in [2.05, 4.69) is 27.3 Å². The van der Waals surface area contributed by atoms with Gasteiger partial charge in [0.25, 0.3) is 15.9 Å². The number of methoxy groups -OCH3 is 1. The van der Waals surface area contributed by atoms with E-state index in [9.17, 15) is 13.2 Å². The molecule has 0 unspecified atom stereocenters. The van der Waals surface area contributed by atoms with Gasteiger partial charge in [-0.2, -0.15) is 8.42 Å². The molecule has 0 saturated carbocycles. The molecule has 3 rings (SSSR count). The molecule has 0 aliphatic carbocycles. The van der Waals surface area contributed by atoms with Crippen molar-refractivity contribution >= 4 is 54.9 Å². The molecule has 0 N–H and O–H groups in total. The molecule has 0 atom stereocenters. The summed E-state index contributed by atoms with van der Waals surface area (Å²) >= 11 is 4.32. The molecule has 0 spiro atoms. The van der Waals surface area contributed by atoms with Gasteiger partial charge in [0.05, 0.1) is 23.5 Å². The number of amides is 1. The average Bonchev–Trinajstić information content (AvgIpc) is 3.10. The molecule has 1 amide bonds. The van der Waals surface area contributed by atoms with Gasteiger partial charge in [0.2, 0.25) is 0 Å². The van der Waals surface area contributed by atoms with Gasteiger partial charge in [-0.3, -0.25) is 9.69 Å². The molecule has 2 aromatic rings. The normalized spacial score (nSPS) is 16.5. The number of benzene rings is 2. The van der Waals surface area contributed by atoms with Crippen LogP contribution >= 0.6 is 27.7 Å². The Balaban J connectivity index is 1.85. The number of ether oxygens (including phenoxy) is 2. The third-order valence-corrected chi connectivity index (χ3v) is 7.94. The van der Waals surface area contributed by atoms with Crippen LogP contribution in [0, 0.1) is 0 Å². The van der Waals surface area contributed by atoms with Crippen molar-refractivity contribution in [3.05, 3.63) is 57.4 Å². The van der Waals surface area contributed by atoms with Gasteiger partial charge in [0.15, 0.2) is 16.7 Å². The number of hydrogen-bond acceptors (Lipinski definition) is 6. The highest BCUT2D eigenvalue weighted by Crippen LogP contribution is 2.35. The summed E-state index contributed by atoms with van der Waals surface area (Å²) in [6, 6.07) is 11.6. The van der Waals surface area contributed by atoms with Crippen LogP contribution in [0.2, 0.25) is 0 Å². The Bertz CT molecular complexity index is 1190. The zero-order chi connectivity index (χ0) is 24.7. The number of sulfonamides is 1. The Morgan fingerprint density at radius 1 is 1.09 bits per heavy atom. The van der Waals surface area contributed by atoms with E-state index in [1.165, 1.54) is 17.0 Å². The standard InChI is InChI=1S/C24H27BrN2O5S2/c1-4-6-7-14-32-20-13-8-17(15-21(20)31-3)16-22-23(28)27(5-2)24(33-22)26-34(29,30)19-11-9-18(25)10-12-19/h8-13,15-16H,4-7,14H2,1-3H3. The molecule has 1 saturated heterocycles. The van der Waals surface area contributed by atoms with Crippen LogP contribution in [0.1, 0.15) is 38.7 Å². The second-order valence-corrected chi connectivity index (χ2v) is 11.0. The maximum absolute atomic E-state index is 12.9. The first kappa shape index (κ1) is 26.3. The van der Waals surface area contributed by atoms with E-state index in [0.717, 1.165) is 41.1 Å². The van der Waals surface area contributed by atoms with E-state index in [0.29, 0.717) is 29.6 Å². The van der Waals surface area contributed by atoms with Gasteiger partial charge in [0, 0.05) is 11.0 Å². The predicted molar refractivity (Wildman–Crippen MR) is 140 cm³/mol. The fourth-order valence-electron chi connectivity index (χ4n) is 3.20. The molecule has 0 radical (unpaired) electrons. The maximum atomic E-state index is 12.9. The molecule has 182 valence electrons. The van der Waals surface area contributed by atoms with E-state index in [-0.39, 0.29) is 16.0 Å². The molecule has 1 aliphatic heterocycles. The highest BCUT2D eigenvalue weighted by Gasteiger charge is 2.34. The number of nitrogens with zero attached hydrogens (tertiary/aromatic N) is 2. The Labute approximate surface area is 213 Å². The van der Waals surface area contributed by atoms with Crippen LogP contribution in [0.3, 0.4) is 0 Å². The van der Waals surface area contributed by atoms with Crippen molar-refractivity contribution in [2.45, 2.75) is 38.0 Å². The quantitative estimate of drug-likeness (QED) is 0.270. The van der Waals surface area contributed by atoms with Crippen molar-refractivity contribution < 1.29 is 22.7 Å². The molecule has 1 aliphatic rings. The highest BCUT2D eigenvalue weighted by molar-refractivity contribution is 9.10. The number of unbranched alkanes of at least 4 members (excludes halogenated alkanes) is 2. The van der Waals surface area contributed by atoms with Gasteiger partial charge in [-0.05, 0) is 73.1 Å². The lowest BCUT2D eigenvalue weighted by atomic mass is 10.2. The fraction of sp³-hybridized carbons (Fsp3) is 0.333. The summed E-state index contributed by atoms with van der Waals surface area (Å²) in [6.07, 6.45) is 4.88. The summed E-state index contributed by atoms with van der Waals surface area (Å²) in [5, 5.41) is 0.129. The van der Waals surface area contributed by atoms with Crippen molar-refractivity contribution in [3.8, 4) is 11.5 Å². The third kappa shape index (κ3) is 6.43. The third-order valence-electron chi connectivity index (χ3n) is 5.00. The van der Waals surface area contributed by atoms with Crippen LogP contribution < -0.4 is 9.47 Å². The van der Waals surface area contributed by atoms with E-state index in [1.54, 1.807) is 38.3 Å². The lowest BCUT2D eigenvalue weighted by Gasteiger charge is -2.12. The largest absolute Gasteiger partial charge is 0.493 e. The fourth-order valence-corrected chi connectivity index (χ4v) is 5.70. The van der Waals surface area contributed by atoms with E-state index in [4.69, 9.17) is 9.47 Å². The zero-order valence-electron chi connectivity index (χ0n) is 19.3. The van der Waals surface area contributed by atoms with Crippen molar-refractivity contribution in [2.24, 2.45) is 4.40 Å². The number of carbonyl (C=O) groups is 1. The number of rotatable bonds is 10. The molecule has 0 bridgehead atoms. The molecule has 1 fully saturated rings. The first-order valence-electron chi connectivity index (χ1n) is 10.9. The Morgan fingerprint density at radius 3 is 2.47 bits per heavy atom. The van der Waals surface area contributed by atoms with Gasteiger partial charge in [-0.15, -0.1) is 4.40 Å². The monoisotopic (exact) mass is 566 g/mol. The van der Waals surface area contributed by atoms with Gasteiger partial charge in [-0.25, -0.2) is 0 Å². The van der Waals surface area contributed by atoms with Crippen LogP contribution in [-0.4, -0.2) is 44.7 Å². The molecule has 34 heavy (non-hydrogen) atoms. The minimum Gasteiger partial charge on any atom is -0.493 e. The maximum Gasteiger partial charge on any atom is 0.284 e. The first-order chi connectivity index (χ1) is 16.3. The molecular weight excluding hydrogens is 540 g/mol. The van der Waals surface area contributed by atoms with Crippen molar-refractivity contribution in [1.82, 2.24) is 4.90 Å². The molecule has 0 aromatic heterocycles. The topological polar surface area (TPSA) is 85.3 Å². The Kier molecular flexibility index (Phi) is 9.21. The van der Waals surface area contributed by atoms with Crippen LogP contribution in [0.5, 0.6) is 11.5 Å². The molecule has 1 heterocycles. The second kappa shape index (κ2) is 11.9. The van der Waals surface area contributed by atoms with E-state index < -0.39 is 10.0 Å². The molecule has 7 nitrogen and oxygen atoms in total. The average molecular weight is 568 g/mol. The van der Waals surface area contributed by atoms with Crippen LogP contribution in [0.4, 0.5) is 0 Å². The minimum absolute atomic E-state index is 0.0593. The van der Waals surface area contributed by atoms with Gasteiger partial charge in [-0.1, -0.05) is 41.8 Å². The Morgan fingerprint density at radius 2 is 1.82 bits per heavy atom. The molecule has 2 aromatic carbocycles. The lowest BCUT2D eigenvalue weighted by Crippen LogP contribution is -2.29. The SMILES string of the molecule is CCCCCOc1ccc(C=C2SC(=NS(=O)(=O)c3ccc(Br)cc3)N(CC)C2=O)cc1OC. The number of thioether (sulfide) groups is 1. The summed E-state index contributed by atoms with van der Waals surface area (Å²) < 4.78 is 41.5. The number of hydrogen-bond donors (Lipinski definition) is 0. The van der Waals surface area contributed by atoms with Crippen molar-refractivity contribution in [3.63, 3.8) is 0 Å². The molecule has 10 heteroatoms.